The fraction of sp³-hybridized carbons (Fsp3) is 0.700. The van der Waals surface area contributed by atoms with Crippen LogP contribution in [0.5, 0.6) is 0 Å². The van der Waals surface area contributed by atoms with E-state index in [-0.39, 0.29) is 11.2 Å². The molecule has 1 N–H and O–H groups in total. The lowest BCUT2D eigenvalue weighted by atomic mass is 9.79. The van der Waals surface area contributed by atoms with Crippen LogP contribution in [0.4, 0.5) is 4.39 Å². The van der Waals surface area contributed by atoms with Gasteiger partial charge in [-0.3, -0.25) is 4.90 Å². The second-order valence-corrected chi connectivity index (χ2v) is 8.88. The maximum atomic E-state index is 14.2. The summed E-state index contributed by atoms with van der Waals surface area (Å²) in [4.78, 5) is 4.82. The van der Waals surface area contributed by atoms with Crippen LogP contribution in [0.1, 0.15) is 45.1 Å². The summed E-state index contributed by atoms with van der Waals surface area (Å²) in [5, 5.41) is 11.2. The van der Waals surface area contributed by atoms with Crippen LogP contribution < -0.4 is 0 Å². The number of rotatable bonds is 5. The fourth-order valence-corrected chi connectivity index (χ4v) is 5.03. The Morgan fingerprint density at radius 2 is 1.79 bits per heavy atom. The summed E-state index contributed by atoms with van der Waals surface area (Å²) in [6, 6.07) is 7.44. The Bertz CT molecular complexity index is 573. The van der Waals surface area contributed by atoms with Crippen molar-refractivity contribution in [2.45, 2.75) is 57.2 Å². The van der Waals surface area contributed by atoms with Gasteiger partial charge in [0, 0.05) is 30.7 Å². The third kappa shape index (κ3) is 3.51. The number of aliphatic hydroxyl groups is 1. The van der Waals surface area contributed by atoms with E-state index >= 15 is 0 Å². The Kier molecular flexibility index (Phi) is 4.75. The molecule has 2 atom stereocenters. The van der Waals surface area contributed by atoms with Gasteiger partial charge in [0.15, 0.2) is 0 Å². The molecule has 0 aliphatic carbocycles. The Morgan fingerprint density at radius 3 is 2.33 bits per heavy atom. The molecule has 2 saturated heterocycles. The van der Waals surface area contributed by atoms with Gasteiger partial charge in [-0.15, -0.1) is 0 Å². The summed E-state index contributed by atoms with van der Waals surface area (Å²) >= 11 is 0. The Balaban J connectivity index is 1.76. The van der Waals surface area contributed by atoms with Gasteiger partial charge in [0.1, 0.15) is 5.82 Å². The second-order valence-electron chi connectivity index (χ2n) is 8.88. The number of hydrogen-bond acceptors (Lipinski definition) is 3. The van der Waals surface area contributed by atoms with Crippen molar-refractivity contribution in [2.75, 3.05) is 27.2 Å². The molecule has 1 aromatic rings. The van der Waals surface area contributed by atoms with Gasteiger partial charge in [-0.1, -0.05) is 32.0 Å². The topological polar surface area (TPSA) is 26.7 Å². The van der Waals surface area contributed by atoms with Gasteiger partial charge in [-0.25, -0.2) is 4.39 Å². The van der Waals surface area contributed by atoms with Crippen molar-refractivity contribution < 1.29 is 9.50 Å². The third-order valence-electron chi connectivity index (χ3n) is 5.65. The van der Waals surface area contributed by atoms with E-state index < -0.39 is 5.60 Å². The highest BCUT2D eigenvalue weighted by Crippen LogP contribution is 2.47. The summed E-state index contributed by atoms with van der Waals surface area (Å²) < 4.78 is 14.2. The minimum atomic E-state index is -1.01. The molecule has 2 unspecified atom stereocenters. The van der Waals surface area contributed by atoms with Crippen LogP contribution in [-0.4, -0.2) is 54.2 Å². The molecule has 2 aliphatic rings. The monoisotopic (exact) mass is 334 g/mol. The summed E-state index contributed by atoms with van der Waals surface area (Å²) in [6.07, 6.45) is 3.50. The highest BCUT2D eigenvalue weighted by molar-refractivity contribution is 5.26. The lowest BCUT2D eigenvalue weighted by molar-refractivity contribution is -0.0682. The predicted molar refractivity (Wildman–Crippen MR) is 95.4 cm³/mol. The Hall–Kier alpha value is -0.970. The molecule has 3 rings (SSSR count). The fourth-order valence-electron chi connectivity index (χ4n) is 5.03. The van der Waals surface area contributed by atoms with Gasteiger partial charge in [-0.2, -0.15) is 0 Å². The van der Waals surface area contributed by atoms with Crippen LogP contribution in [0, 0.1) is 11.2 Å². The molecule has 0 saturated carbocycles. The van der Waals surface area contributed by atoms with E-state index in [4.69, 9.17) is 0 Å². The van der Waals surface area contributed by atoms with Crippen molar-refractivity contribution in [3.63, 3.8) is 0 Å². The van der Waals surface area contributed by atoms with Crippen LogP contribution in [0.2, 0.25) is 0 Å². The molecule has 0 amide bonds. The molecule has 24 heavy (non-hydrogen) atoms. The molecule has 2 aliphatic heterocycles. The molecule has 2 heterocycles. The number of nitrogens with zero attached hydrogens (tertiary/aromatic N) is 2. The number of fused-ring (bicyclic) bond motifs is 2. The summed E-state index contributed by atoms with van der Waals surface area (Å²) in [5.41, 5.74) is -0.328. The minimum Gasteiger partial charge on any atom is -0.385 e. The van der Waals surface area contributed by atoms with Gasteiger partial charge < -0.3 is 10.0 Å². The third-order valence-corrected chi connectivity index (χ3v) is 5.65. The zero-order valence-corrected chi connectivity index (χ0v) is 15.4. The van der Waals surface area contributed by atoms with Crippen molar-refractivity contribution in [1.82, 2.24) is 9.80 Å². The van der Waals surface area contributed by atoms with Gasteiger partial charge in [0.05, 0.1) is 5.60 Å². The summed E-state index contributed by atoms with van der Waals surface area (Å²) in [5.74, 6) is -0.277. The van der Waals surface area contributed by atoms with Crippen LogP contribution >= 0.6 is 0 Å². The van der Waals surface area contributed by atoms with Gasteiger partial charge >= 0.3 is 0 Å². The molecule has 3 nitrogen and oxygen atoms in total. The first-order chi connectivity index (χ1) is 11.2. The molecule has 0 spiro atoms. The summed E-state index contributed by atoms with van der Waals surface area (Å²) in [7, 11) is 4.23. The highest BCUT2D eigenvalue weighted by atomic mass is 19.1. The zero-order valence-electron chi connectivity index (χ0n) is 15.4. The van der Waals surface area contributed by atoms with Crippen LogP contribution in [0.15, 0.2) is 24.3 Å². The minimum absolute atomic E-state index is 0.206. The van der Waals surface area contributed by atoms with E-state index in [1.165, 1.54) is 6.07 Å². The number of halogens is 1. The summed E-state index contributed by atoms with van der Waals surface area (Å²) in [6.45, 7) is 6.70. The molecular weight excluding hydrogens is 303 g/mol. The zero-order chi connectivity index (χ0) is 17.5. The van der Waals surface area contributed by atoms with E-state index in [1.807, 2.05) is 6.07 Å². The van der Waals surface area contributed by atoms with Gasteiger partial charge in [-0.05, 0) is 51.3 Å². The van der Waals surface area contributed by atoms with Crippen molar-refractivity contribution in [2.24, 2.45) is 5.41 Å². The molecule has 1 aromatic carbocycles. The average Bonchev–Trinajstić information content (AvgIpc) is 2.69. The van der Waals surface area contributed by atoms with E-state index in [1.54, 1.807) is 12.1 Å². The standard InChI is InChI=1S/C20H31FN2O/c1-19(2,13-22(3)4)14-23-15-9-10-16(23)12-20(24,11-15)17-7-5-6-8-18(17)21/h5-8,15-16,24H,9-14H2,1-4H3. The number of piperidine rings is 1. The SMILES string of the molecule is CN(C)CC(C)(C)CN1C2CCC1CC(O)(c1ccccc1F)C2. The molecule has 2 fully saturated rings. The first-order valence-corrected chi connectivity index (χ1v) is 9.08. The quantitative estimate of drug-likeness (QED) is 0.895. The van der Waals surface area contributed by atoms with Gasteiger partial charge in [0.2, 0.25) is 0 Å². The van der Waals surface area contributed by atoms with Crippen molar-refractivity contribution in [1.29, 1.82) is 0 Å². The molecule has 0 radical (unpaired) electrons. The second kappa shape index (κ2) is 6.40. The molecule has 4 heteroatoms. The van der Waals surface area contributed by atoms with Crippen molar-refractivity contribution in [3.05, 3.63) is 35.6 Å². The first kappa shape index (κ1) is 17.8. The molecule has 2 bridgehead atoms. The molecular formula is C20H31FN2O. The molecule has 0 aromatic heterocycles. The van der Waals surface area contributed by atoms with Crippen molar-refractivity contribution in [3.8, 4) is 0 Å². The predicted octanol–water partition coefficient (Wildman–Crippen LogP) is 3.23. The first-order valence-electron chi connectivity index (χ1n) is 9.08. The normalized spacial score (nSPS) is 31.0. The van der Waals surface area contributed by atoms with Crippen LogP contribution in [-0.2, 0) is 5.60 Å². The average molecular weight is 334 g/mol. The smallest absolute Gasteiger partial charge is 0.129 e. The van der Waals surface area contributed by atoms with Gasteiger partial charge in [0.25, 0.3) is 0 Å². The lowest BCUT2D eigenvalue weighted by Crippen LogP contribution is -2.53. The van der Waals surface area contributed by atoms with E-state index in [0.29, 0.717) is 30.5 Å². The largest absolute Gasteiger partial charge is 0.385 e. The molecule has 134 valence electrons. The number of hydrogen-bond donors (Lipinski definition) is 1. The van der Waals surface area contributed by atoms with E-state index in [2.05, 4.69) is 37.7 Å². The van der Waals surface area contributed by atoms with E-state index in [0.717, 1.165) is 25.9 Å². The maximum Gasteiger partial charge on any atom is 0.129 e. The Labute approximate surface area is 145 Å². The van der Waals surface area contributed by atoms with E-state index in [9.17, 15) is 9.50 Å². The highest BCUT2D eigenvalue weighted by Gasteiger charge is 2.49. The Morgan fingerprint density at radius 1 is 1.21 bits per heavy atom. The van der Waals surface area contributed by atoms with Crippen molar-refractivity contribution >= 4 is 0 Å². The van der Waals surface area contributed by atoms with Crippen LogP contribution in [0.25, 0.3) is 0 Å². The maximum absolute atomic E-state index is 14.2. The number of benzene rings is 1. The lowest BCUT2D eigenvalue weighted by Gasteiger charge is -2.47. The van der Waals surface area contributed by atoms with Crippen LogP contribution in [0.3, 0.4) is 0 Å².